The summed E-state index contributed by atoms with van der Waals surface area (Å²) in [5, 5.41) is 8.46. The highest BCUT2D eigenvalue weighted by molar-refractivity contribution is 7.89. The van der Waals surface area contributed by atoms with Crippen molar-refractivity contribution in [1.29, 1.82) is 0 Å². The number of carboxylic acid groups (broad SMARTS) is 1. The van der Waals surface area contributed by atoms with Gasteiger partial charge in [-0.3, -0.25) is 4.79 Å². The third kappa shape index (κ3) is 8.03. The molecule has 0 fully saturated rings. The molecule has 7 heteroatoms. The van der Waals surface area contributed by atoms with Crippen molar-refractivity contribution in [3.05, 3.63) is 11.6 Å². The largest absolute Gasteiger partial charge is 0.481 e. The molecule has 0 bridgehead atoms. The van der Waals surface area contributed by atoms with Crippen LogP contribution in [0.25, 0.3) is 0 Å². The maximum atomic E-state index is 11.1. The smallest absolute Gasteiger partial charge is 0.303 e. The summed E-state index contributed by atoms with van der Waals surface area (Å²) >= 11 is 5.35. The monoisotopic (exact) mass is 241 g/mol. The van der Waals surface area contributed by atoms with E-state index in [2.05, 4.69) is 11.3 Å². The van der Waals surface area contributed by atoms with Gasteiger partial charge in [-0.2, -0.15) is 0 Å². The van der Waals surface area contributed by atoms with Crippen LogP contribution in [0.1, 0.15) is 12.8 Å². The Hall–Kier alpha value is -0.590. The van der Waals surface area contributed by atoms with Crippen molar-refractivity contribution in [3.63, 3.8) is 0 Å². The Kier molecular flexibility index (Phi) is 5.75. The molecule has 0 atom stereocenters. The number of halogens is 1. The first-order chi connectivity index (χ1) is 6.33. The lowest BCUT2D eigenvalue weighted by Gasteiger charge is -2.03. The maximum Gasteiger partial charge on any atom is 0.303 e. The molecule has 0 rings (SSSR count). The zero-order chi connectivity index (χ0) is 11.2. The van der Waals surface area contributed by atoms with Gasteiger partial charge in [-0.05, 0) is 6.42 Å². The fourth-order valence-electron chi connectivity index (χ4n) is 0.674. The summed E-state index contributed by atoms with van der Waals surface area (Å²) in [5.41, 5.74) is 0. The van der Waals surface area contributed by atoms with Gasteiger partial charge in [-0.25, -0.2) is 13.1 Å². The van der Waals surface area contributed by atoms with E-state index in [9.17, 15) is 13.2 Å². The Labute approximate surface area is 87.8 Å². The van der Waals surface area contributed by atoms with E-state index in [0.29, 0.717) is 0 Å². The first-order valence-electron chi connectivity index (χ1n) is 3.86. The summed E-state index contributed by atoms with van der Waals surface area (Å²) in [4.78, 5) is 10.1. The molecule has 0 aromatic heterocycles. The molecule has 0 saturated carbocycles. The van der Waals surface area contributed by atoms with Gasteiger partial charge in [0.2, 0.25) is 10.0 Å². The fraction of sp³-hybridized carbons (Fsp3) is 0.571. The minimum Gasteiger partial charge on any atom is -0.481 e. The zero-order valence-corrected chi connectivity index (χ0v) is 9.07. The second-order valence-electron chi connectivity index (χ2n) is 2.65. The molecule has 5 nitrogen and oxygen atoms in total. The number of carboxylic acids is 1. The average Bonchev–Trinajstić information content (AvgIpc) is 2.00. The second-order valence-corrected chi connectivity index (χ2v) is 5.12. The predicted octanol–water partition coefficient (Wildman–Crippen LogP) is 0.523. The van der Waals surface area contributed by atoms with Gasteiger partial charge >= 0.3 is 5.97 Å². The standard InChI is InChI=1S/C7H12ClNO4S/c1-6(8)5-9-14(12,13)4-2-3-7(10)11/h9H,1-5H2,(H,10,11). The first-order valence-corrected chi connectivity index (χ1v) is 5.89. The van der Waals surface area contributed by atoms with E-state index in [-0.39, 0.29) is 30.2 Å². The van der Waals surface area contributed by atoms with Gasteiger partial charge < -0.3 is 5.11 Å². The maximum absolute atomic E-state index is 11.1. The van der Waals surface area contributed by atoms with E-state index >= 15 is 0 Å². The van der Waals surface area contributed by atoms with E-state index in [0.717, 1.165) is 0 Å². The highest BCUT2D eigenvalue weighted by atomic mass is 35.5. The van der Waals surface area contributed by atoms with Crippen molar-refractivity contribution >= 4 is 27.6 Å². The lowest BCUT2D eigenvalue weighted by atomic mass is 10.3. The zero-order valence-electron chi connectivity index (χ0n) is 7.49. The Bertz CT molecular complexity index is 312. The number of hydrogen-bond donors (Lipinski definition) is 2. The molecule has 0 aliphatic rings. The van der Waals surface area contributed by atoms with E-state index in [1.807, 2.05) is 0 Å². The SMILES string of the molecule is C=C(Cl)CNS(=O)(=O)CCCC(=O)O. The summed E-state index contributed by atoms with van der Waals surface area (Å²) in [7, 11) is -3.43. The van der Waals surface area contributed by atoms with Crippen LogP contribution < -0.4 is 4.72 Å². The van der Waals surface area contributed by atoms with Crippen LogP contribution in [0.4, 0.5) is 0 Å². The number of hydrogen-bond acceptors (Lipinski definition) is 3. The Balaban J connectivity index is 3.84. The minimum atomic E-state index is -3.43. The summed E-state index contributed by atoms with van der Waals surface area (Å²) in [6.07, 6.45) is -0.0812. The minimum absolute atomic E-state index is 0.0308. The molecular formula is C7H12ClNO4S. The Morgan fingerprint density at radius 3 is 2.50 bits per heavy atom. The topological polar surface area (TPSA) is 83.5 Å². The van der Waals surface area contributed by atoms with Crippen LogP contribution in [-0.4, -0.2) is 31.8 Å². The molecule has 82 valence electrons. The molecule has 0 amide bonds. The van der Waals surface area contributed by atoms with E-state index in [1.165, 1.54) is 0 Å². The second kappa shape index (κ2) is 6.00. The van der Waals surface area contributed by atoms with E-state index in [4.69, 9.17) is 16.7 Å². The lowest BCUT2D eigenvalue weighted by molar-refractivity contribution is -0.137. The molecule has 0 aromatic rings. The van der Waals surface area contributed by atoms with E-state index < -0.39 is 16.0 Å². The summed E-state index contributed by atoms with van der Waals surface area (Å²) in [5.74, 6) is -1.23. The average molecular weight is 242 g/mol. The third-order valence-electron chi connectivity index (χ3n) is 1.29. The number of nitrogens with one attached hydrogen (secondary N) is 1. The summed E-state index contributed by atoms with van der Waals surface area (Å²) in [6, 6.07) is 0. The molecule has 0 saturated heterocycles. The molecule has 0 spiro atoms. The summed E-state index contributed by atoms with van der Waals surface area (Å²) in [6.45, 7) is 3.28. The van der Waals surface area contributed by atoms with Crippen molar-refractivity contribution in [2.75, 3.05) is 12.3 Å². The van der Waals surface area contributed by atoms with Gasteiger partial charge in [0.15, 0.2) is 0 Å². The molecule has 0 aliphatic carbocycles. The molecule has 0 heterocycles. The van der Waals surface area contributed by atoms with Crippen LogP contribution in [0.3, 0.4) is 0 Å². The van der Waals surface area contributed by atoms with Crippen molar-refractivity contribution in [2.45, 2.75) is 12.8 Å². The third-order valence-corrected chi connectivity index (χ3v) is 2.83. The van der Waals surface area contributed by atoms with Crippen LogP contribution in [0, 0.1) is 0 Å². The van der Waals surface area contributed by atoms with Crippen molar-refractivity contribution in [1.82, 2.24) is 4.72 Å². The molecule has 0 unspecified atom stereocenters. The van der Waals surface area contributed by atoms with Crippen molar-refractivity contribution < 1.29 is 18.3 Å². The van der Waals surface area contributed by atoms with Gasteiger partial charge in [0.25, 0.3) is 0 Å². The first kappa shape index (κ1) is 13.4. The lowest BCUT2D eigenvalue weighted by Crippen LogP contribution is -2.27. The summed E-state index contributed by atoms with van der Waals surface area (Å²) < 4.78 is 24.4. The van der Waals surface area contributed by atoms with Crippen LogP contribution in [-0.2, 0) is 14.8 Å². The Morgan fingerprint density at radius 2 is 2.07 bits per heavy atom. The molecule has 0 aromatic carbocycles. The number of carbonyl (C=O) groups is 1. The van der Waals surface area contributed by atoms with Gasteiger partial charge in [0, 0.05) is 18.0 Å². The van der Waals surface area contributed by atoms with Crippen LogP contribution >= 0.6 is 11.6 Å². The van der Waals surface area contributed by atoms with Gasteiger partial charge in [0.1, 0.15) is 0 Å². The van der Waals surface area contributed by atoms with Crippen LogP contribution in [0.15, 0.2) is 11.6 Å². The highest BCUT2D eigenvalue weighted by Gasteiger charge is 2.10. The molecule has 0 aliphatic heterocycles. The molecule has 14 heavy (non-hydrogen) atoms. The van der Waals surface area contributed by atoms with E-state index in [1.54, 1.807) is 0 Å². The quantitative estimate of drug-likeness (QED) is 0.681. The predicted molar refractivity (Wildman–Crippen MR) is 53.7 cm³/mol. The Morgan fingerprint density at radius 1 is 1.50 bits per heavy atom. The molecule has 2 N–H and O–H groups in total. The fourth-order valence-corrected chi connectivity index (χ4v) is 1.88. The van der Waals surface area contributed by atoms with Crippen LogP contribution in [0.5, 0.6) is 0 Å². The van der Waals surface area contributed by atoms with Gasteiger partial charge in [-0.15, -0.1) is 0 Å². The van der Waals surface area contributed by atoms with Crippen molar-refractivity contribution in [3.8, 4) is 0 Å². The number of rotatable bonds is 7. The molecule has 0 radical (unpaired) electrons. The van der Waals surface area contributed by atoms with Crippen LogP contribution in [0.2, 0.25) is 0 Å². The number of sulfonamides is 1. The number of aliphatic carboxylic acids is 1. The normalized spacial score (nSPS) is 11.2. The highest BCUT2D eigenvalue weighted by Crippen LogP contribution is 1.98. The van der Waals surface area contributed by atoms with Gasteiger partial charge in [-0.1, -0.05) is 18.2 Å². The van der Waals surface area contributed by atoms with Gasteiger partial charge in [0.05, 0.1) is 5.75 Å². The van der Waals surface area contributed by atoms with Crippen molar-refractivity contribution in [2.24, 2.45) is 0 Å². The molecular weight excluding hydrogens is 230 g/mol.